The minimum Gasteiger partial charge on any atom is -0.497 e. The van der Waals surface area contributed by atoms with Crippen LogP contribution in [0.15, 0.2) is 54.9 Å². The van der Waals surface area contributed by atoms with Crippen molar-refractivity contribution in [3.8, 4) is 5.75 Å². The van der Waals surface area contributed by atoms with E-state index in [-0.39, 0.29) is 0 Å². The number of pyridine rings is 1. The van der Waals surface area contributed by atoms with Gasteiger partial charge in [-0.15, -0.1) is 0 Å². The van der Waals surface area contributed by atoms with E-state index in [1.54, 1.807) is 7.11 Å². The number of hydrogen-bond acceptors (Lipinski definition) is 1. The number of hydrogen-bond donors (Lipinski definition) is 0. The Morgan fingerprint density at radius 2 is 1.48 bits per heavy atom. The van der Waals surface area contributed by atoms with Crippen LogP contribution < -0.4 is 9.30 Å². The van der Waals surface area contributed by atoms with Crippen molar-refractivity contribution in [1.82, 2.24) is 0 Å². The molecule has 0 amide bonds. The van der Waals surface area contributed by atoms with Crippen LogP contribution in [0.2, 0.25) is 0 Å². The Balaban J connectivity index is 0.000000383. The molecule has 1 aromatic heterocycles. The fourth-order valence-electron chi connectivity index (χ4n) is 1.63. The molecule has 2 aromatic rings. The maximum absolute atomic E-state index is 9.75. The number of aromatic nitrogens is 1. The van der Waals surface area contributed by atoms with Gasteiger partial charge >= 0.3 is 7.25 Å². The predicted octanol–water partition coefficient (Wildman–Crippen LogP) is 3.53. The van der Waals surface area contributed by atoms with Gasteiger partial charge in [-0.2, -0.15) is 0 Å². The lowest BCUT2D eigenvalue weighted by atomic mass is 10.1. The number of methoxy groups -OCH3 is 1. The highest BCUT2D eigenvalue weighted by molar-refractivity contribution is 6.50. The highest BCUT2D eigenvalue weighted by Crippen LogP contribution is 2.11. The second-order valence-electron chi connectivity index (χ2n) is 4.21. The van der Waals surface area contributed by atoms with Gasteiger partial charge in [-0.25, -0.2) is 4.57 Å². The van der Waals surface area contributed by atoms with Crippen LogP contribution >= 0.6 is 0 Å². The fourth-order valence-corrected chi connectivity index (χ4v) is 1.63. The van der Waals surface area contributed by atoms with Gasteiger partial charge in [-0.1, -0.05) is 18.2 Å². The van der Waals surface area contributed by atoms with Crippen LogP contribution in [0, 0.1) is 0 Å². The Morgan fingerprint density at radius 3 is 1.95 bits per heavy atom. The molecule has 0 N–H and O–H groups in total. The minimum absolute atomic E-state index is 0.913. The molecule has 0 aliphatic carbocycles. The molecular weight excluding hydrogens is 285 g/mol. The number of benzene rings is 1. The largest absolute Gasteiger partial charge is 0.673 e. The first kappa shape index (κ1) is 17.0. The van der Waals surface area contributed by atoms with Crippen LogP contribution in [0.3, 0.4) is 0 Å². The number of aryl methyl sites for hydroxylation is 2. The second kappa shape index (κ2) is 8.29. The molecular formula is C14H16BF4NO. The maximum atomic E-state index is 9.75. The molecule has 0 bridgehead atoms. The zero-order valence-corrected chi connectivity index (χ0v) is 11.6. The topological polar surface area (TPSA) is 13.1 Å². The summed E-state index contributed by atoms with van der Waals surface area (Å²) >= 11 is 0. The standard InChI is InChI=1S/C14H16NO.BF4/c1-16-14-7-5-13(6-8-14)9-12-15-10-3-2-4-11-15;2-1(3,4)5/h2-8,10-11H,9,12H2,1H3;/q+1;-1. The normalized spacial score (nSPS) is 10.5. The van der Waals surface area contributed by atoms with Crippen molar-refractivity contribution in [2.45, 2.75) is 13.0 Å². The molecule has 0 spiro atoms. The van der Waals surface area contributed by atoms with E-state index >= 15 is 0 Å². The van der Waals surface area contributed by atoms with E-state index in [0.717, 1.165) is 18.7 Å². The summed E-state index contributed by atoms with van der Waals surface area (Å²) in [6.07, 6.45) is 5.21. The summed E-state index contributed by atoms with van der Waals surface area (Å²) in [6, 6.07) is 14.4. The third-order valence-corrected chi connectivity index (χ3v) is 2.60. The van der Waals surface area contributed by atoms with E-state index in [0.29, 0.717) is 0 Å². The van der Waals surface area contributed by atoms with Crippen LogP contribution in [0.4, 0.5) is 17.3 Å². The Morgan fingerprint density at radius 1 is 0.952 bits per heavy atom. The van der Waals surface area contributed by atoms with E-state index in [1.165, 1.54) is 5.56 Å². The summed E-state index contributed by atoms with van der Waals surface area (Å²) in [6.45, 7) is 1.01. The third kappa shape index (κ3) is 8.67. The van der Waals surface area contributed by atoms with Crippen molar-refractivity contribution in [2.75, 3.05) is 7.11 Å². The van der Waals surface area contributed by atoms with Gasteiger partial charge in [-0.3, -0.25) is 0 Å². The van der Waals surface area contributed by atoms with E-state index < -0.39 is 7.25 Å². The van der Waals surface area contributed by atoms with Crippen LogP contribution in [-0.2, 0) is 13.0 Å². The van der Waals surface area contributed by atoms with E-state index in [2.05, 4.69) is 29.1 Å². The Hall–Kier alpha value is -2.05. The first-order valence-corrected chi connectivity index (χ1v) is 6.33. The number of ether oxygens (including phenoxy) is 1. The van der Waals surface area contributed by atoms with Crippen LogP contribution in [0.25, 0.3) is 0 Å². The Kier molecular flexibility index (Phi) is 6.71. The molecule has 114 valence electrons. The number of nitrogens with zero attached hydrogens (tertiary/aromatic N) is 1. The van der Waals surface area contributed by atoms with Gasteiger partial charge in [0.2, 0.25) is 0 Å². The average molecular weight is 301 g/mol. The van der Waals surface area contributed by atoms with Crippen LogP contribution in [0.1, 0.15) is 5.56 Å². The van der Waals surface area contributed by atoms with Gasteiger partial charge in [0.1, 0.15) is 5.75 Å². The zero-order valence-electron chi connectivity index (χ0n) is 11.6. The molecule has 2 rings (SSSR count). The number of rotatable bonds is 4. The lowest BCUT2D eigenvalue weighted by Gasteiger charge is -2.01. The van der Waals surface area contributed by atoms with Gasteiger partial charge in [0, 0.05) is 18.6 Å². The van der Waals surface area contributed by atoms with E-state index in [4.69, 9.17) is 4.74 Å². The monoisotopic (exact) mass is 301 g/mol. The van der Waals surface area contributed by atoms with Gasteiger partial charge in [0.15, 0.2) is 18.9 Å². The molecule has 1 heterocycles. The van der Waals surface area contributed by atoms with Crippen LogP contribution in [0.5, 0.6) is 5.75 Å². The summed E-state index contributed by atoms with van der Waals surface area (Å²) in [5.41, 5.74) is 1.33. The summed E-state index contributed by atoms with van der Waals surface area (Å²) in [5.74, 6) is 0.913. The molecule has 0 atom stereocenters. The van der Waals surface area contributed by atoms with Crippen molar-refractivity contribution in [1.29, 1.82) is 0 Å². The second-order valence-corrected chi connectivity index (χ2v) is 4.21. The zero-order chi connectivity index (χ0) is 15.7. The van der Waals surface area contributed by atoms with Gasteiger partial charge in [0.05, 0.1) is 7.11 Å². The molecule has 1 aromatic carbocycles. The Labute approximate surface area is 121 Å². The molecule has 0 saturated carbocycles. The molecule has 0 aliphatic rings. The molecule has 21 heavy (non-hydrogen) atoms. The molecule has 0 radical (unpaired) electrons. The van der Waals surface area contributed by atoms with Gasteiger partial charge in [-0.05, 0) is 17.7 Å². The Bertz CT molecular complexity index is 511. The molecule has 0 aliphatic heterocycles. The first-order chi connectivity index (χ1) is 9.88. The molecule has 0 unspecified atom stereocenters. The third-order valence-electron chi connectivity index (χ3n) is 2.60. The van der Waals surface area contributed by atoms with E-state index in [1.807, 2.05) is 30.3 Å². The lowest BCUT2D eigenvalue weighted by Crippen LogP contribution is -2.33. The van der Waals surface area contributed by atoms with Crippen molar-refractivity contribution >= 4 is 7.25 Å². The lowest BCUT2D eigenvalue weighted by molar-refractivity contribution is -0.696. The summed E-state index contributed by atoms with van der Waals surface area (Å²) in [5, 5.41) is 0. The van der Waals surface area contributed by atoms with Crippen LogP contribution in [-0.4, -0.2) is 14.4 Å². The summed E-state index contributed by atoms with van der Waals surface area (Å²) in [4.78, 5) is 0. The number of halogens is 4. The van der Waals surface area contributed by atoms with E-state index in [9.17, 15) is 17.3 Å². The van der Waals surface area contributed by atoms with Crippen molar-refractivity contribution in [2.24, 2.45) is 0 Å². The minimum atomic E-state index is -6.00. The van der Waals surface area contributed by atoms with Gasteiger partial charge in [0.25, 0.3) is 0 Å². The summed E-state index contributed by atoms with van der Waals surface area (Å²) < 4.78 is 46.3. The summed E-state index contributed by atoms with van der Waals surface area (Å²) in [7, 11) is -4.31. The average Bonchev–Trinajstić information content (AvgIpc) is 2.45. The smallest absolute Gasteiger partial charge is 0.497 e. The first-order valence-electron chi connectivity index (χ1n) is 6.33. The quantitative estimate of drug-likeness (QED) is 0.478. The van der Waals surface area contributed by atoms with Crippen molar-refractivity contribution in [3.05, 3.63) is 60.4 Å². The highest BCUT2D eigenvalue weighted by atomic mass is 19.5. The maximum Gasteiger partial charge on any atom is 0.673 e. The molecule has 7 heteroatoms. The molecule has 0 fully saturated rings. The fraction of sp³-hybridized carbons (Fsp3) is 0.214. The highest BCUT2D eigenvalue weighted by Gasteiger charge is 2.20. The van der Waals surface area contributed by atoms with Crippen molar-refractivity contribution in [3.63, 3.8) is 0 Å². The van der Waals surface area contributed by atoms with Gasteiger partial charge < -0.3 is 22.0 Å². The predicted molar refractivity (Wildman–Crippen MR) is 73.5 cm³/mol. The molecule has 2 nitrogen and oxygen atoms in total. The van der Waals surface area contributed by atoms with Crippen molar-refractivity contribution < 1.29 is 26.6 Å². The SMILES string of the molecule is COc1ccc(CC[n+]2ccccc2)cc1.F[B-](F)(F)F. The molecule has 0 saturated heterocycles.